The molecule has 0 fully saturated rings. The number of unbranched alkanes of at least 4 members (excludes halogenated alkanes) is 3. The third-order valence-electron chi connectivity index (χ3n) is 3.13. The zero-order valence-electron chi connectivity index (χ0n) is 10.8. The molecular formula is C14H20N4. The van der Waals surface area contributed by atoms with Crippen molar-refractivity contribution in [2.45, 2.75) is 39.0 Å². The van der Waals surface area contributed by atoms with Gasteiger partial charge in [0.1, 0.15) is 5.82 Å². The van der Waals surface area contributed by atoms with Gasteiger partial charge in [-0.05, 0) is 30.5 Å². The summed E-state index contributed by atoms with van der Waals surface area (Å²) in [5, 5.41) is 0.900. The van der Waals surface area contributed by atoms with Crippen molar-refractivity contribution in [3.8, 4) is 0 Å². The molecule has 4 heteroatoms. The highest BCUT2D eigenvalue weighted by molar-refractivity contribution is 5.89. The van der Waals surface area contributed by atoms with Crippen molar-refractivity contribution in [3.63, 3.8) is 0 Å². The van der Waals surface area contributed by atoms with Gasteiger partial charge in [0.05, 0.1) is 5.52 Å². The van der Waals surface area contributed by atoms with Crippen LogP contribution in [0.2, 0.25) is 0 Å². The number of nitrogens with two attached hydrogens (primary N) is 2. The average molecular weight is 244 g/mol. The smallest absolute Gasteiger partial charge is 0.222 e. The van der Waals surface area contributed by atoms with E-state index in [1.54, 1.807) is 0 Å². The van der Waals surface area contributed by atoms with Crippen LogP contribution in [-0.2, 0) is 6.42 Å². The Morgan fingerprint density at radius 3 is 2.67 bits per heavy atom. The van der Waals surface area contributed by atoms with E-state index in [4.69, 9.17) is 11.5 Å². The molecule has 1 heterocycles. The maximum Gasteiger partial charge on any atom is 0.222 e. The predicted octanol–water partition coefficient (Wildman–Crippen LogP) is 2.92. The highest BCUT2D eigenvalue weighted by Gasteiger charge is 2.04. The van der Waals surface area contributed by atoms with Crippen molar-refractivity contribution in [3.05, 3.63) is 23.8 Å². The molecule has 0 atom stereocenters. The SMILES string of the molecule is CCCCCCc1ccc2nc(N)nc(N)c2c1. The fourth-order valence-electron chi connectivity index (χ4n) is 2.13. The molecular weight excluding hydrogens is 224 g/mol. The van der Waals surface area contributed by atoms with Crippen molar-refractivity contribution in [1.82, 2.24) is 9.97 Å². The molecule has 0 saturated heterocycles. The molecule has 0 amide bonds. The summed E-state index contributed by atoms with van der Waals surface area (Å²) in [5.41, 5.74) is 13.6. The number of rotatable bonds is 5. The third-order valence-corrected chi connectivity index (χ3v) is 3.13. The quantitative estimate of drug-likeness (QED) is 0.793. The van der Waals surface area contributed by atoms with Crippen LogP contribution in [0.15, 0.2) is 18.2 Å². The first-order chi connectivity index (χ1) is 8.70. The summed E-state index contributed by atoms with van der Waals surface area (Å²) in [6, 6.07) is 6.15. The Morgan fingerprint density at radius 2 is 1.89 bits per heavy atom. The molecule has 0 aliphatic carbocycles. The van der Waals surface area contributed by atoms with Crippen molar-refractivity contribution >= 4 is 22.7 Å². The van der Waals surface area contributed by atoms with E-state index in [0.717, 1.165) is 17.3 Å². The van der Waals surface area contributed by atoms with Crippen LogP contribution in [0, 0.1) is 0 Å². The number of nitrogen functional groups attached to an aromatic ring is 2. The van der Waals surface area contributed by atoms with Gasteiger partial charge in [0.15, 0.2) is 0 Å². The van der Waals surface area contributed by atoms with E-state index < -0.39 is 0 Å². The van der Waals surface area contributed by atoms with E-state index in [1.165, 1.54) is 31.2 Å². The zero-order valence-corrected chi connectivity index (χ0v) is 10.8. The van der Waals surface area contributed by atoms with Crippen LogP contribution in [0.5, 0.6) is 0 Å². The summed E-state index contributed by atoms with van der Waals surface area (Å²) >= 11 is 0. The van der Waals surface area contributed by atoms with E-state index >= 15 is 0 Å². The van der Waals surface area contributed by atoms with Crippen LogP contribution in [0.3, 0.4) is 0 Å². The second-order valence-corrected chi connectivity index (χ2v) is 4.63. The number of fused-ring (bicyclic) bond motifs is 1. The largest absolute Gasteiger partial charge is 0.383 e. The van der Waals surface area contributed by atoms with E-state index in [-0.39, 0.29) is 5.95 Å². The number of benzene rings is 1. The molecule has 1 aromatic carbocycles. The van der Waals surface area contributed by atoms with Crippen molar-refractivity contribution < 1.29 is 0 Å². The molecule has 2 rings (SSSR count). The highest BCUT2D eigenvalue weighted by atomic mass is 15.0. The number of anilines is 2. The van der Waals surface area contributed by atoms with E-state index in [2.05, 4.69) is 29.0 Å². The summed E-state index contributed by atoms with van der Waals surface area (Å²) in [4.78, 5) is 8.17. The Kier molecular flexibility index (Phi) is 3.97. The van der Waals surface area contributed by atoms with Gasteiger partial charge in [0.2, 0.25) is 5.95 Å². The lowest BCUT2D eigenvalue weighted by Crippen LogP contribution is -2.00. The van der Waals surface area contributed by atoms with Gasteiger partial charge < -0.3 is 11.5 Å². The van der Waals surface area contributed by atoms with Crippen LogP contribution in [0.1, 0.15) is 38.2 Å². The predicted molar refractivity (Wildman–Crippen MR) is 76.2 cm³/mol. The van der Waals surface area contributed by atoms with Gasteiger partial charge >= 0.3 is 0 Å². The van der Waals surface area contributed by atoms with Gasteiger partial charge in [-0.3, -0.25) is 0 Å². The molecule has 0 saturated carbocycles. The molecule has 18 heavy (non-hydrogen) atoms. The maximum atomic E-state index is 5.87. The molecule has 0 bridgehead atoms. The van der Waals surface area contributed by atoms with Crippen molar-refractivity contribution in [2.75, 3.05) is 11.5 Å². The highest BCUT2D eigenvalue weighted by Crippen LogP contribution is 2.21. The minimum Gasteiger partial charge on any atom is -0.383 e. The number of hydrogen-bond donors (Lipinski definition) is 2. The molecule has 4 nitrogen and oxygen atoms in total. The van der Waals surface area contributed by atoms with E-state index in [9.17, 15) is 0 Å². The maximum absolute atomic E-state index is 5.87. The minimum atomic E-state index is 0.232. The lowest BCUT2D eigenvalue weighted by atomic mass is 10.0. The third kappa shape index (κ3) is 2.88. The van der Waals surface area contributed by atoms with Gasteiger partial charge in [0.25, 0.3) is 0 Å². The first-order valence-corrected chi connectivity index (χ1v) is 6.52. The fraction of sp³-hybridized carbons (Fsp3) is 0.429. The molecule has 2 aromatic rings. The Morgan fingerprint density at radius 1 is 1.06 bits per heavy atom. The molecule has 4 N–H and O–H groups in total. The minimum absolute atomic E-state index is 0.232. The Labute approximate surface area is 107 Å². The van der Waals surface area contributed by atoms with Crippen LogP contribution in [0.4, 0.5) is 11.8 Å². The topological polar surface area (TPSA) is 77.8 Å². The fourth-order valence-corrected chi connectivity index (χ4v) is 2.13. The summed E-state index contributed by atoms with van der Waals surface area (Å²) in [7, 11) is 0. The molecule has 1 aromatic heterocycles. The van der Waals surface area contributed by atoms with Gasteiger partial charge in [-0.1, -0.05) is 32.3 Å². The normalized spacial score (nSPS) is 10.9. The average Bonchev–Trinajstić information content (AvgIpc) is 2.35. The number of aromatic nitrogens is 2. The van der Waals surface area contributed by atoms with Gasteiger partial charge in [0, 0.05) is 5.39 Å². The number of nitrogens with zero attached hydrogens (tertiary/aromatic N) is 2. The van der Waals surface area contributed by atoms with Crippen LogP contribution < -0.4 is 11.5 Å². The molecule has 0 unspecified atom stereocenters. The van der Waals surface area contributed by atoms with Crippen LogP contribution in [0.25, 0.3) is 10.9 Å². The zero-order chi connectivity index (χ0) is 13.0. The molecule has 0 aliphatic heterocycles. The summed E-state index contributed by atoms with van der Waals surface area (Å²) < 4.78 is 0. The van der Waals surface area contributed by atoms with Crippen molar-refractivity contribution in [1.29, 1.82) is 0 Å². The molecule has 0 aliphatic rings. The van der Waals surface area contributed by atoms with Crippen molar-refractivity contribution in [2.24, 2.45) is 0 Å². The number of aryl methyl sites for hydroxylation is 1. The first-order valence-electron chi connectivity index (χ1n) is 6.52. The van der Waals surface area contributed by atoms with E-state index in [1.807, 2.05) is 6.07 Å². The molecule has 0 spiro atoms. The van der Waals surface area contributed by atoms with Gasteiger partial charge in [-0.2, -0.15) is 4.98 Å². The molecule has 96 valence electrons. The standard InChI is InChI=1S/C14H20N4/c1-2-3-4-5-6-10-7-8-12-11(9-10)13(15)18-14(16)17-12/h7-9H,2-6H2,1H3,(H4,15,16,17,18). The Hall–Kier alpha value is -1.84. The van der Waals surface area contributed by atoms with Gasteiger partial charge in [-0.25, -0.2) is 4.98 Å². The lowest BCUT2D eigenvalue weighted by molar-refractivity contribution is 0.667. The second-order valence-electron chi connectivity index (χ2n) is 4.63. The summed E-state index contributed by atoms with van der Waals surface area (Å²) in [6.45, 7) is 2.22. The monoisotopic (exact) mass is 244 g/mol. The van der Waals surface area contributed by atoms with Gasteiger partial charge in [-0.15, -0.1) is 0 Å². The summed E-state index contributed by atoms with van der Waals surface area (Å²) in [5.74, 6) is 0.698. The Balaban J connectivity index is 2.17. The van der Waals surface area contributed by atoms with Crippen LogP contribution >= 0.6 is 0 Å². The lowest BCUT2D eigenvalue weighted by Gasteiger charge is -2.06. The van der Waals surface area contributed by atoms with Crippen LogP contribution in [-0.4, -0.2) is 9.97 Å². The van der Waals surface area contributed by atoms with E-state index in [0.29, 0.717) is 5.82 Å². The first kappa shape index (κ1) is 12.6. The number of hydrogen-bond acceptors (Lipinski definition) is 4. The second kappa shape index (κ2) is 5.67. The Bertz CT molecular complexity index is 537. The molecule has 0 radical (unpaired) electrons. The summed E-state index contributed by atoms with van der Waals surface area (Å²) in [6.07, 6.45) is 6.14.